The lowest BCUT2D eigenvalue weighted by molar-refractivity contribution is 0.408. The minimum atomic E-state index is -0.211. The van der Waals surface area contributed by atoms with Crippen molar-refractivity contribution in [2.75, 3.05) is 7.11 Å². The number of hydrogen-bond acceptors (Lipinski definition) is 5. The number of nitrogen functional groups attached to an aromatic ring is 1. The first-order valence-electron chi connectivity index (χ1n) is 5.39. The van der Waals surface area contributed by atoms with Crippen LogP contribution in [0.5, 0.6) is 17.4 Å². The van der Waals surface area contributed by atoms with Crippen LogP contribution in [0.2, 0.25) is 0 Å². The molecule has 104 valence electrons. The molecule has 0 fully saturated rings. The lowest BCUT2D eigenvalue weighted by Gasteiger charge is -2.11. The maximum absolute atomic E-state index is 7.46. The Morgan fingerprint density at radius 1 is 1.15 bits per heavy atom. The minimum Gasteiger partial charge on any atom is -0.496 e. The summed E-state index contributed by atoms with van der Waals surface area (Å²) in [6.45, 7) is 0. The highest BCUT2D eigenvalue weighted by atomic mass is 79.9. The number of benzene rings is 1. The van der Waals surface area contributed by atoms with Crippen molar-refractivity contribution in [3.05, 3.63) is 39.2 Å². The SMILES string of the molecule is COc1cc(Br)c(Oc2nccnc2C(=N)N)cc1Br. The molecule has 0 aliphatic carbocycles. The van der Waals surface area contributed by atoms with Gasteiger partial charge < -0.3 is 15.2 Å². The van der Waals surface area contributed by atoms with E-state index in [2.05, 4.69) is 41.8 Å². The van der Waals surface area contributed by atoms with Crippen LogP contribution in [-0.2, 0) is 0 Å². The van der Waals surface area contributed by atoms with E-state index in [0.717, 1.165) is 4.47 Å². The van der Waals surface area contributed by atoms with Gasteiger partial charge in [0.2, 0.25) is 5.88 Å². The molecule has 0 atom stereocenters. The molecule has 0 saturated carbocycles. The molecule has 20 heavy (non-hydrogen) atoms. The summed E-state index contributed by atoms with van der Waals surface area (Å²) in [5, 5.41) is 7.46. The summed E-state index contributed by atoms with van der Waals surface area (Å²) in [5.74, 6) is 1.12. The Balaban J connectivity index is 2.40. The number of hydrogen-bond donors (Lipinski definition) is 2. The summed E-state index contributed by atoms with van der Waals surface area (Å²) >= 11 is 6.76. The molecule has 8 heteroatoms. The number of ether oxygens (including phenoxy) is 2. The van der Waals surface area contributed by atoms with E-state index in [1.54, 1.807) is 19.2 Å². The number of halogens is 2. The number of amidine groups is 1. The van der Waals surface area contributed by atoms with Crippen molar-refractivity contribution in [3.8, 4) is 17.4 Å². The Bertz CT molecular complexity index is 664. The van der Waals surface area contributed by atoms with Crippen molar-refractivity contribution in [2.45, 2.75) is 0 Å². The summed E-state index contributed by atoms with van der Waals surface area (Å²) in [5.41, 5.74) is 5.63. The molecule has 3 N–H and O–H groups in total. The van der Waals surface area contributed by atoms with Gasteiger partial charge in [0.1, 0.15) is 17.3 Å². The third-order valence-electron chi connectivity index (χ3n) is 2.33. The minimum absolute atomic E-state index is 0.165. The van der Waals surface area contributed by atoms with E-state index in [4.69, 9.17) is 20.6 Å². The Kier molecular flexibility index (Phi) is 4.56. The van der Waals surface area contributed by atoms with E-state index in [-0.39, 0.29) is 17.4 Å². The van der Waals surface area contributed by atoms with E-state index < -0.39 is 0 Å². The van der Waals surface area contributed by atoms with Crippen molar-refractivity contribution < 1.29 is 9.47 Å². The maximum Gasteiger partial charge on any atom is 0.249 e. The van der Waals surface area contributed by atoms with Crippen LogP contribution >= 0.6 is 31.9 Å². The number of methoxy groups -OCH3 is 1. The monoisotopic (exact) mass is 400 g/mol. The van der Waals surface area contributed by atoms with Gasteiger partial charge in [0.05, 0.1) is 16.1 Å². The average Bonchev–Trinajstić information content (AvgIpc) is 2.42. The molecule has 2 aromatic rings. The lowest BCUT2D eigenvalue weighted by Crippen LogP contribution is -2.15. The third kappa shape index (κ3) is 3.07. The van der Waals surface area contributed by atoms with Crippen LogP contribution in [0.1, 0.15) is 5.69 Å². The normalized spacial score (nSPS) is 10.2. The maximum atomic E-state index is 7.46. The number of aromatic nitrogens is 2. The highest BCUT2D eigenvalue weighted by molar-refractivity contribution is 9.11. The van der Waals surface area contributed by atoms with E-state index in [0.29, 0.717) is 16.0 Å². The highest BCUT2D eigenvalue weighted by Crippen LogP contribution is 2.38. The number of nitrogens with one attached hydrogen (secondary N) is 1. The van der Waals surface area contributed by atoms with Gasteiger partial charge >= 0.3 is 0 Å². The molecule has 1 heterocycles. The van der Waals surface area contributed by atoms with Gasteiger partial charge in [-0.15, -0.1) is 0 Å². The molecule has 2 rings (SSSR count). The van der Waals surface area contributed by atoms with Gasteiger partial charge in [-0.05, 0) is 44.0 Å². The van der Waals surface area contributed by atoms with Gasteiger partial charge in [0.15, 0.2) is 5.69 Å². The zero-order valence-corrected chi connectivity index (χ0v) is 13.5. The fourth-order valence-corrected chi connectivity index (χ4v) is 2.32. The molecular formula is C12H10Br2N4O2. The van der Waals surface area contributed by atoms with Crippen LogP contribution in [0.4, 0.5) is 0 Å². The first kappa shape index (κ1) is 14.7. The molecule has 0 unspecified atom stereocenters. The summed E-state index contributed by atoms with van der Waals surface area (Å²) < 4.78 is 12.2. The Labute approximate surface area is 132 Å². The molecule has 0 aliphatic rings. The molecule has 0 spiro atoms. The fraction of sp³-hybridized carbons (Fsp3) is 0.0833. The topological polar surface area (TPSA) is 94.1 Å². The summed E-state index contributed by atoms with van der Waals surface area (Å²) in [7, 11) is 1.57. The van der Waals surface area contributed by atoms with Crippen LogP contribution in [-0.4, -0.2) is 22.9 Å². The van der Waals surface area contributed by atoms with Crippen LogP contribution in [0.3, 0.4) is 0 Å². The van der Waals surface area contributed by atoms with Crippen LogP contribution in [0.25, 0.3) is 0 Å². The van der Waals surface area contributed by atoms with Gasteiger partial charge in [-0.2, -0.15) is 0 Å². The fourth-order valence-electron chi connectivity index (χ4n) is 1.43. The summed E-state index contributed by atoms with van der Waals surface area (Å²) in [4.78, 5) is 8.01. The molecular weight excluding hydrogens is 392 g/mol. The first-order chi connectivity index (χ1) is 9.52. The second kappa shape index (κ2) is 6.19. The molecule has 0 saturated heterocycles. The Morgan fingerprint density at radius 2 is 1.75 bits per heavy atom. The standard InChI is InChI=1S/C12H10Br2N4O2/c1-19-8-4-7(14)9(5-6(8)13)20-12-10(11(15)16)17-2-3-18-12/h2-5H,1H3,(H3,15,16). The van der Waals surface area contributed by atoms with Crippen molar-refractivity contribution in [3.63, 3.8) is 0 Å². The van der Waals surface area contributed by atoms with Crippen molar-refractivity contribution in [1.29, 1.82) is 5.41 Å². The molecule has 6 nitrogen and oxygen atoms in total. The molecule has 0 amide bonds. The molecule has 0 bridgehead atoms. The predicted molar refractivity (Wildman–Crippen MR) is 81.5 cm³/mol. The zero-order chi connectivity index (χ0) is 14.7. The number of rotatable bonds is 4. The first-order valence-corrected chi connectivity index (χ1v) is 6.97. The van der Waals surface area contributed by atoms with Crippen molar-refractivity contribution in [1.82, 2.24) is 9.97 Å². The third-order valence-corrected chi connectivity index (χ3v) is 3.57. The largest absolute Gasteiger partial charge is 0.496 e. The second-order valence-corrected chi connectivity index (χ2v) is 5.35. The van der Waals surface area contributed by atoms with Gasteiger partial charge in [0, 0.05) is 12.4 Å². The van der Waals surface area contributed by atoms with Gasteiger partial charge in [0.25, 0.3) is 0 Å². The quantitative estimate of drug-likeness (QED) is 0.606. The Morgan fingerprint density at radius 3 is 2.40 bits per heavy atom. The van der Waals surface area contributed by atoms with Gasteiger partial charge in [-0.25, -0.2) is 9.97 Å². The predicted octanol–water partition coefficient (Wildman–Crippen LogP) is 3.09. The lowest BCUT2D eigenvalue weighted by atomic mass is 10.3. The van der Waals surface area contributed by atoms with Gasteiger partial charge in [-0.3, -0.25) is 5.41 Å². The van der Waals surface area contributed by atoms with Crippen LogP contribution < -0.4 is 15.2 Å². The molecule has 0 radical (unpaired) electrons. The summed E-state index contributed by atoms with van der Waals surface area (Å²) in [6.07, 6.45) is 2.91. The summed E-state index contributed by atoms with van der Waals surface area (Å²) in [6, 6.07) is 3.48. The van der Waals surface area contributed by atoms with E-state index in [9.17, 15) is 0 Å². The van der Waals surface area contributed by atoms with Crippen LogP contribution in [0, 0.1) is 5.41 Å². The number of nitrogens with zero attached hydrogens (tertiary/aromatic N) is 2. The zero-order valence-electron chi connectivity index (χ0n) is 10.4. The van der Waals surface area contributed by atoms with Crippen LogP contribution in [0.15, 0.2) is 33.5 Å². The average molecular weight is 402 g/mol. The van der Waals surface area contributed by atoms with E-state index >= 15 is 0 Å². The van der Waals surface area contributed by atoms with E-state index in [1.807, 2.05) is 0 Å². The molecule has 1 aromatic heterocycles. The molecule has 1 aromatic carbocycles. The van der Waals surface area contributed by atoms with E-state index in [1.165, 1.54) is 12.4 Å². The van der Waals surface area contributed by atoms with Crippen molar-refractivity contribution >= 4 is 37.7 Å². The smallest absolute Gasteiger partial charge is 0.249 e. The highest BCUT2D eigenvalue weighted by Gasteiger charge is 2.14. The molecule has 0 aliphatic heterocycles. The Hall–Kier alpha value is -1.67. The number of nitrogens with two attached hydrogens (primary N) is 1. The van der Waals surface area contributed by atoms with Crippen molar-refractivity contribution in [2.24, 2.45) is 5.73 Å². The second-order valence-electron chi connectivity index (χ2n) is 3.64. The van der Waals surface area contributed by atoms with Gasteiger partial charge in [-0.1, -0.05) is 0 Å².